The van der Waals surface area contributed by atoms with Crippen molar-refractivity contribution in [2.75, 3.05) is 5.32 Å². The van der Waals surface area contributed by atoms with E-state index in [0.29, 0.717) is 6.04 Å². The lowest BCUT2D eigenvalue weighted by molar-refractivity contribution is 0.358. The second-order valence-corrected chi connectivity index (χ2v) is 6.80. The van der Waals surface area contributed by atoms with Gasteiger partial charge >= 0.3 is 0 Å². The topological polar surface area (TPSA) is 24.9 Å². The van der Waals surface area contributed by atoms with Gasteiger partial charge < -0.3 is 5.32 Å². The first kappa shape index (κ1) is 13.4. The third-order valence-electron chi connectivity index (χ3n) is 3.92. The summed E-state index contributed by atoms with van der Waals surface area (Å²) in [6, 6.07) is 4.93. The van der Waals surface area contributed by atoms with Crippen molar-refractivity contribution in [1.82, 2.24) is 4.98 Å². The minimum Gasteiger partial charge on any atom is -0.367 e. The van der Waals surface area contributed by atoms with Crippen LogP contribution in [-0.2, 0) is 5.41 Å². The number of rotatable bonds is 2. The van der Waals surface area contributed by atoms with Crippen LogP contribution >= 0.6 is 0 Å². The van der Waals surface area contributed by atoms with Gasteiger partial charge in [-0.3, -0.25) is 0 Å². The van der Waals surface area contributed by atoms with E-state index >= 15 is 0 Å². The zero-order chi connectivity index (χ0) is 13.2. The van der Waals surface area contributed by atoms with E-state index in [2.05, 4.69) is 50.1 Å². The van der Waals surface area contributed by atoms with E-state index in [0.717, 1.165) is 11.7 Å². The first-order valence-corrected chi connectivity index (χ1v) is 7.18. The highest BCUT2D eigenvalue weighted by atomic mass is 15.0. The van der Waals surface area contributed by atoms with Gasteiger partial charge in [-0.25, -0.2) is 4.98 Å². The monoisotopic (exact) mass is 246 g/mol. The maximum Gasteiger partial charge on any atom is 0.126 e. The Kier molecular flexibility index (Phi) is 3.94. The Balaban J connectivity index is 1.98. The summed E-state index contributed by atoms with van der Waals surface area (Å²) in [6.07, 6.45) is 7.30. The van der Waals surface area contributed by atoms with Gasteiger partial charge in [-0.15, -0.1) is 0 Å². The predicted molar refractivity (Wildman–Crippen MR) is 78.0 cm³/mol. The van der Waals surface area contributed by atoms with E-state index < -0.39 is 0 Å². The summed E-state index contributed by atoms with van der Waals surface area (Å²) in [5, 5.41) is 3.58. The zero-order valence-electron chi connectivity index (χ0n) is 12.2. The van der Waals surface area contributed by atoms with Crippen molar-refractivity contribution >= 4 is 5.82 Å². The second-order valence-electron chi connectivity index (χ2n) is 6.80. The normalized spacial score (nSPS) is 24.9. The van der Waals surface area contributed by atoms with Gasteiger partial charge in [0.15, 0.2) is 0 Å². The predicted octanol–water partition coefficient (Wildman–Crippen LogP) is 4.37. The molecule has 0 saturated heterocycles. The number of anilines is 1. The van der Waals surface area contributed by atoms with Crippen molar-refractivity contribution in [2.24, 2.45) is 5.92 Å². The molecule has 100 valence electrons. The molecule has 0 spiro atoms. The van der Waals surface area contributed by atoms with Crippen LogP contribution in [0.5, 0.6) is 0 Å². The summed E-state index contributed by atoms with van der Waals surface area (Å²) in [4.78, 5) is 4.55. The molecule has 2 atom stereocenters. The van der Waals surface area contributed by atoms with Crippen LogP contribution in [0.15, 0.2) is 18.3 Å². The molecule has 1 aliphatic carbocycles. The van der Waals surface area contributed by atoms with Gasteiger partial charge in [-0.2, -0.15) is 0 Å². The molecule has 0 aromatic carbocycles. The highest BCUT2D eigenvalue weighted by Gasteiger charge is 2.19. The number of aromatic nitrogens is 1. The van der Waals surface area contributed by atoms with Crippen LogP contribution in [0.3, 0.4) is 0 Å². The molecule has 2 heteroatoms. The smallest absolute Gasteiger partial charge is 0.126 e. The van der Waals surface area contributed by atoms with E-state index in [4.69, 9.17) is 0 Å². The van der Waals surface area contributed by atoms with Gasteiger partial charge in [0.2, 0.25) is 0 Å². The van der Waals surface area contributed by atoms with Crippen LogP contribution in [0.1, 0.15) is 58.9 Å². The maximum atomic E-state index is 4.55. The highest BCUT2D eigenvalue weighted by molar-refractivity contribution is 5.38. The lowest BCUT2D eigenvalue weighted by Crippen LogP contribution is -2.26. The lowest BCUT2D eigenvalue weighted by Gasteiger charge is -2.28. The van der Waals surface area contributed by atoms with Gasteiger partial charge in [0.1, 0.15) is 5.82 Å². The maximum absolute atomic E-state index is 4.55. The SMILES string of the molecule is CC1CCCC(Nc2ccc(C(C)(C)C)cn2)C1. The van der Waals surface area contributed by atoms with Crippen LogP contribution in [0, 0.1) is 5.92 Å². The quantitative estimate of drug-likeness (QED) is 0.838. The van der Waals surface area contributed by atoms with Crippen LogP contribution in [0.25, 0.3) is 0 Å². The van der Waals surface area contributed by atoms with Crippen LogP contribution in [0.2, 0.25) is 0 Å². The third-order valence-corrected chi connectivity index (χ3v) is 3.92. The molecule has 18 heavy (non-hydrogen) atoms. The van der Waals surface area contributed by atoms with E-state index in [1.807, 2.05) is 6.20 Å². The van der Waals surface area contributed by atoms with Gasteiger partial charge in [0.25, 0.3) is 0 Å². The Hall–Kier alpha value is -1.05. The first-order chi connectivity index (χ1) is 8.45. The van der Waals surface area contributed by atoms with E-state index in [1.54, 1.807) is 0 Å². The minimum absolute atomic E-state index is 0.185. The minimum atomic E-state index is 0.185. The van der Waals surface area contributed by atoms with Gasteiger partial charge in [-0.1, -0.05) is 46.6 Å². The Morgan fingerprint density at radius 2 is 2.00 bits per heavy atom. The van der Waals surface area contributed by atoms with Crippen molar-refractivity contribution in [3.05, 3.63) is 23.9 Å². The Bertz CT molecular complexity index is 375. The number of pyridine rings is 1. The Labute approximate surface area is 111 Å². The molecular formula is C16H26N2. The summed E-state index contributed by atoms with van der Waals surface area (Å²) >= 11 is 0. The first-order valence-electron chi connectivity index (χ1n) is 7.18. The number of nitrogens with one attached hydrogen (secondary N) is 1. The van der Waals surface area contributed by atoms with Gasteiger partial charge in [-0.05, 0) is 35.8 Å². The van der Waals surface area contributed by atoms with E-state index in [9.17, 15) is 0 Å². The number of hydrogen-bond donors (Lipinski definition) is 1. The zero-order valence-corrected chi connectivity index (χ0v) is 12.2. The number of hydrogen-bond acceptors (Lipinski definition) is 2. The van der Waals surface area contributed by atoms with Crippen molar-refractivity contribution in [2.45, 2.75) is 64.8 Å². The van der Waals surface area contributed by atoms with Crippen LogP contribution in [0.4, 0.5) is 5.82 Å². The fourth-order valence-electron chi connectivity index (χ4n) is 2.70. The molecule has 1 N–H and O–H groups in total. The van der Waals surface area contributed by atoms with E-state index in [-0.39, 0.29) is 5.41 Å². The molecule has 1 aromatic rings. The summed E-state index contributed by atoms with van der Waals surface area (Å²) in [7, 11) is 0. The Morgan fingerprint density at radius 3 is 2.56 bits per heavy atom. The molecule has 0 radical (unpaired) electrons. The molecule has 2 nitrogen and oxygen atoms in total. The molecule has 0 aliphatic heterocycles. The second kappa shape index (κ2) is 5.29. The summed E-state index contributed by atoms with van der Waals surface area (Å²) in [5.41, 5.74) is 1.48. The van der Waals surface area contributed by atoms with Crippen molar-refractivity contribution in [3.63, 3.8) is 0 Å². The molecule has 2 unspecified atom stereocenters. The molecule has 1 heterocycles. The van der Waals surface area contributed by atoms with Crippen molar-refractivity contribution in [1.29, 1.82) is 0 Å². The van der Waals surface area contributed by atoms with Crippen molar-refractivity contribution < 1.29 is 0 Å². The third kappa shape index (κ3) is 3.47. The van der Waals surface area contributed by atoms with Crippen LogP contribution in [-0.4, -0.2) is 11.0 Å². The fourth-order valence-corrected chi connectivity index (χ4v) is 2.70. The van der Waals surface area contributed by atoms with Crippen LogP contribution < -0.4 is 5.32 Å². The molecule has 2 rings (SSSR count). The number of nitrogens with zero attached hydrogens (tertiary/aromatic N) is 1. The molecule has 0 amide bonds. The molecule has 0 bridgehead atoms. The summed E-state index contributed by atoms with van der Waals surface area (Å²) in [6.45, 7) is 9.02. The Morgan fingerprint density at radius 1 is 1.22 bits per heavy atom. The van der Waals surface area contributed by atoms with E-state index in [1.165, 1.54) is 31.2 Å². The van der Waals surface area contributed by atoms with Gasteiger partial charge in [0.05, 0.1) is 0 Å². The molecule has 1 saturated carbocycles. The molecule has 1 aliphatic rings. The molecule has 1 aromatic heterocycles. The average molecular weight is 246 g/mol. The largest absolute Gasteiger partial charge is 0.367 e. The summed E-state index contributed by atoms with van der Waals surface area (Å²) in [5.74, 6) is 1.88. The molecule has 1 fully saturated rings. The average Bonchev–Trinajstić information content (AvgIpc) is 2.28. The lowest BCUT2D eigenvalue weighted by atomic mass is 9.87. The highest BCUT2D eigenvalue weighted by Crippen LogP contribution is 2.26. The standard InChI is InChI=1S/C16H26N2/c1-12-6-5-7-14(10-12)18-15-9-8-13(11-17-15)16(2,3)4/h8-9,11-12,14H,5-7,10H2,1-4H3,(H,17,18). The van der Waals surface area contributed by atoms with Crippen molar-refractivity contribution in [3.8, 4) is 0 Å². The van der Waals surface area contributed by atoms with Gasteiger partial charge in [0, 0.05) is 12.2 Å². The fraction of sp³-hybridized carbons (Fsp3) is 0.688. The molecular weight excluding hydrogens is 220 g/mol. The summed E-state index contributed by atoms with van der Waals surface area (Å²) < 4.78 is 0.